The van der Waals surface area contributed by atoms with E-state index in [9.17, 15) is 9.59 Å². The number of rotatable bonds is 5. The zero-order valence-electron chi connectivity index (χ0n) is 14.8. The molecule has 0 unspecified atom stereocenters. The molecule has 0 amide bonds. The number of hydrogen-bond acceptors (Lipinski definition) is 3. The third-order valence-electron chi connectivity index (χ3n) is 4.16. The third kappa shape index (κ3) is 3.89. The van der Waals surface area contributed by atoms with Crippen LogP contribution in [0.3, 0.4) is 0 Å². The summed E-state index contributed by atoms with van der Waals surface area (Å²) in [6.07, 6.45) is 0. The number of esters is 1. The smallest absolute Gasteiger partial charge is 0.339 e. The fraction of sp³-hybridized carbons (Fsp3) is 0.130. The van der Waals surface area contributed by atoms with Crippen LogP contribution in [-0.4, -0.2) is 17.4 Å². The van der Waals surface area contributed by atoms with Crippen LogP contribution in [0.2, 0.25) is 0 Å². The summed E-state index contributed by atoms with van der Waals surface area (Å²) in [6, 6.07) is 25.9. The quantitative estimate of drug-likeness (QED) is 0.473. The lowest BCUT2D eigenvalue weighted by Crippen LogP contribution is -2.37. The van der Waals surface area contributed by atoms with E-state index in [0.717, 1.165) is 11.1 Å². The van der Waals surface area contributed by atoms with Crippen molar-refractivity contribution >= 4 is 11.8 Å². The highest BCUT2D eigenvalue weighted by molar-refractivity contribution is 6.04. The molecule has 0 heterocycles. The molecule has 0 fully saturated rings. The van der Waals surface area contributed by atoms with Gasteiger partial charge in [0.15, 0.2) is 5.60 Å². The Morgan fingerprint density at radius 1 is 0.654 bits per heavy atom. The molecule has 0 aromatic heterocycles. The number of ether oxygens (including phenoxy) is 1. The molecule has 3 nitrogen and oxygen atoms in total. The van der Waals surface area contributed by atoms with Gasteiger partial charge in [-0.1, -0.05) is 72.8 Å². The molecule has 0 aliphatic rings. The maximum absolute atomic E-state index is 12.8. The molecule has 0 saturated heterocycles. The molecule has 0 N–H and O–H groups in total. The Bertz CT molecular complexity index is 895. The highest BCUT2D eigenvalue weighted by Crippen LogP contribution is 2.23. The second-order valence-electron chi connectivity index (χ2n) is 6.54. The zero-order valence-corrected chi connectivity index (χ0v) is 14.8. The Morgan fingerprint density at radius 2 is 1.15 bits per heavy atom. The van der Waals surface area contributed by atoms with Crippen molar-refractivity contribution in [1.29, 1.82) is 0 Å². The minimum absolute atomic E-state index is 0.235. The summed E-state index contributed by atoms with van der Waals surface area (Å²) in [5.74, 6) is -0.744. The largest absolute Gasteiger partial charge is 0.448 e. The van der Waals surface area contributed by atoms with Crippen LogP contribution in [0.15, 0.2) is 84.9 Å². The molecule has 0 aliphatic carbocycles. The van der Waals surface area contributed by atoms with Gasteiger partial charge in [0.05, 0.1) is 5.56 Å². The first-order valence-corrected chi connectivity index (χ1v) is 8.46. The molecule has 3 heteroatoms. The number of hydrogen-bond donors (Lipinski definition) is 0. The van der Waals surface area contributed by atoms with Gasteiger partial charge in [0.1, 0.15) is 0 Å². The van der Waals surface area contributed by atoms with Crippen LogP contribution < -0.4 is 0 Å². The molecule has 130 valence electrons. The summed E-state index contributed by atoms with van der Waals surface area (Å²) in [5.41, 5.74) is 1.80. The molecule has 3 aromatic carbocycles. The van der Waals surface area contributed by atoms with E-state index in [-0.39, 0.29) is 5.78 Å². The molecule has 26 heavy (non-hydrogen) atoms. The fourth-order valence-electron chi connectivity index (χ4n) is 2.70. The highest BCUT2D eigenvalue weighted by Gasteiger charge is 2.33. The first-order valence-electron chi connectivity index (χ1n) is 8.46. The molecular weight excluding hydrogens is 324 g/mol. The Kier molecular flexibility index (Phi) is 4.99. The SMILES string of the molecule is CC(C)(OC(=O)c1ccccc1)C(=O)c1ccc(-c2ccccc2)cc1. The molecule has 0 saturated carbocycles. The van der Waals surface area contributed by atoms with Crippen LogP contribution in [0.1, 0.15) is 34.6 Å². The number of benzene rings is 3. The van der Waals surface area contributed by atoms with Crippen molar-refractivity contribution < 1.29 is 14.3 Å². The van der Waals surface area contributed by atoms with Crippen LogP contribution in [0, 0.1) is 0 Å². The summed E-state index contributed by atoms with van der Waals surface area (Å²) in [5, 5.41) is 0. The molecule has 3 rings (SSSR count). The van der Waals surface area contributed by atoms with E-state index in [4.69, 9.17) is 4.74 Å². The van der Waals surface area contributed by atoms with E-state index in [1.165, 1.54) is 0 Å². The van der Waals surface area contributed by atoms with Gasteiger partial charge in [0.2, 0.25) is 5.78 Å². The topological polar surface area (TPSA) is 43.4 Å². The average Bonchev–Trinajstić information content (AvgIpc) is 2.68. The summed E-state index contributed by atoms with van der Waals surface area (Å²) >= 11 is 0. The van der Waals surface area contributed by atoms with E-state index in [1.807, 2.05) is 48.5 Å². The number of ketones is 1. The molecule has 0 bridgehead atoms. The third-order valence-corrected chi connectivity index (χ3v) is 4.16. The Morgan fingerprint density at radius 3 is 1.73 bits per heavy atom. The second-order valence-corrected chi connectivity index (χ2v) is 6.54. The molecule has 0 spiro atoms. The predicted molar refractivity (Wildman–Crippen MR) is 102 cm³/mol. The summed E-state index contributed by atoms with van der Waals surface area (Å²) in [7, 11) is 0. The zero-order chi connectivity index (χ0) is 18.6. The Hall–Kier alpha value is -3.20. The monoisotopic (exact) mass is 344 g/mol. The van der Waals surface area contributed by atoms with Gasteiger partial charge < -0.3 is 4.74 Å². The maximum Gasteiger partial charge on any atom is 0.339 e. The molecule has 0 radical (unpaired) electrons. The first-order chi connectivity index (χ1) is 12.5. The van der Waals surface area contributed by atoms with Gasteiger partial charge in [0, 0.05) is 5.56 Å². The summed E-state index contributed by atoms with van der Waals surface area (Å²) in [4.78, 5) is 25.1. The maximum atomic E-state index is 12.8. The van der Waals surface area contributed by atoms with E-state index >= 15 is 0 Å². The van der Waals surface area contributed by atoms with E-state index < -0.39 is 11.6 Å². The summed E-state index contributed by atoms with van der Waals surface area (Å²) in [6.45, 7) is 3.22. The average molecular weight is 344 g/mol. The molecule has 0 aliphatic heterocycles. The lowest BCUT2D eigenvalue weighted by atomic mass is 9.94. The lowest BCUT2D eigenvalue weighted by molar-refractivity contribution is 0.00374. The van der Waals surface area contributed by atoms with Crippen LogP contribution in [0.4, 0.5) is 0 Å². The van der Waals surface area contributed by atoms with Gasteiger partial charge in [-0.15, -0.1) is 0 Å². The van der Waals surface area contributed by atoms with Crippen molar-refractivity contribution in [2.75, 3.05) is 0 Å². The van der Waals surface area contributed by atoms with Gasteiger partial charge in [-0.3, -0.25) is 4.79 Å². The van der Waals surface area contributed by atoms with Crippen molar-refractivity contribution in [3.05, 3.63) is 96.1 Å². The fourth-order valence-corrected chi connectivity index (χ4v) is 2.70. The number of carbonyl (C=O) groups excluding carboxylic acids is 2. The first kappa shape index (κ1) is 17.6. The van der Waals surface area contributed by atoms with Crippen LogP contribution >= 0.6 is 0 Å². The van der Waals surface area contributed by atoms with Crippen molar-refractivity contribution in [2.45, 2.75) is 19.4 Å². The van der Waals surface area contributed by atoms with Gasteiger partial charge in [-0.2, -0.15) is 0 Å². The van der Waals surface area contributed by atoms with Crippen LogP contribution in [0.25, 0.3) is 11.1 Å². The Labute approximate surface area is 153 Å². The van der Waals surface area contributed by atoms with Crippen molar-refractivity contribution in [3.63, 3.8) is 0 Å². The highest BCUT2D eigenvalue weighted by atomic mass is 16.6. The van der Waals surface area contributed by atoms with Gasteiger partial charge in [-0.25, -0.2) is 4.79 Å². The molecule has 3 aromatic rings. The summed E-state index contributed by atoms with van der Waals surface area (Å²) < 4.78 is 5.47. The van der Waals surface area contributed by atoms with E-state index in [0.29, 0.717) is 11.1 Å². The number of Topliss-reactive ketones (excluding diaryl/α,β-unsaturated/α-hetero) is 1. The lowest BCUT2D eigenvalue weighted by Gasteiger charge is -2.24. The standard InChI is InChI=1S/C23H20O3/c1-23(2,26-22(25)20-11-7-4-8-12-20)21(24)19-15-13-18(14-16-19)17-9-5-3-6-10-17/h3-16H,1-2H3. The minimum Gasteiger partial charge on any atom is -0.448 e. The molecule has 0 atom stereocenters. The predicted octanol–water partition coefficient (Wildman–Crippen LogP) is 5.17. The minimum atomic E-state index is -1.25. The van der Waals surface area contributed by atoms with Crippen molar-refractivity contribution in [2.24, 2.45) is 0 Å². The van der Waals surface area contributed by atoms with Crippen molar-refractivity contribution in [3.8, 4) is 11.1 Å². The van der Waals surface area contributed by atoms with Crippen LogP contribution in [-0.2, 0) is 4.74 Å². The number of carbonyl (C=O) groups is 2. The van der Waals surface area contributed by atoms with Crippen LogP contribution in [0.5, 0.6) is 0 Å². The molecular formula is C23H20O3. The van der Waals surface area contributed by atoms with E-state index in [1.54, 1.807) is 50.2 Å². The van der Waals surface area contributed by atoms with Gasteiger partial charge in [0.25, 0.3) is 0 Å². The Balaban J connectivity index is 1.76. The normalized spacial score (nSPS) is 11.0. The van der Waals surface area contributed by atoms with Gasteiger partial charge >= 0.3 is 5.97 Å². The van der Waals surface area contributed by atoms with Crippen molar-refractivity contribution in [1.82, 2.24) is 0 Å². The van der Waals surface area contributed by atoms with E-state index in [2.05, 4.69) is 0 Å². The second kappa shape index (κ2) is 7.36. The van der Waals surface area contributed by atoms with Gasteiger partial charge in [-0.05, 0) is 37.1 Å².